The van der Waals surface area contributed by atoms with Gasteiger partial charge in [0.2, 0.25) is 10.0 Å². The Bertz CT molecular complexity index is 238. The van der Waals surface area contributed by atoms with Gasteiger partial charge in [0.25, 0.3) is 0 Å². The molecule has 0 radical (unpaired) electrons. The zero-order valence-corrected chi connectivity index (χ0v) is 8.94. The van der Waals surface area contributed by atoms with E-state index >= 15 is 0 Å². The van der Waals surface area contributed by atoms with Crippen LogP contribution in [0.5, 0.6) is 0 Å². The van der Waals surface area contributed by atoms with Gasteiger partial charge in [-0.2, -0.15) is 12.6 Å². The van der Waals surface area contributed by atoms with Gasteiger partial charge in [-0.15, -0.1) is 0 Å². The van der Waals surface area contributed by atoms with E-state index in [4.69, 9.17) is 0 Å². The van der Waals surface area contributed by atoms with E-state index < -0.39 is 10.0 Å². The number of nitrogens with zero attached hydrogens (tertiary/aromatic N) is 1. The molecule has 0 aromatic heterocycles. The van der Waals surface area contributed by atoms with Crippen molar-refractivity contribution in [2.45, 2.75) is 12.8 Å². The van der Waals surface area contributed by atoms with E-state index in [-0.39, 0.29) is 0 Å². The van der Waals surface area contributed by atoms with Crippen LogP contribution >= 0.6 is 12.6 Å². The molecule has 5 heteroatoms. The van der Waals surface area contributed by atoms with E-state index in [0.717, 1.165) is 18.6 Å². The van der Waals surface area contributed by atoms with Crippen LogP contribution in [0.25, 0.3) is 0 Å². The molecule has 1 saturated heterocycles. The first kappa shape index (κ1) is 10.3. The first-order chi connectivity index (χ1) is 5.54. The summed E-state index contributed by atoms with van der Waals surface area (Å²) >= 11 is 4.18. The molecular weight excluding hydrogens is 194 g/mol. The Morgan fingerprint density at radius 1 is 1.58 bits per heavy atom. The molecule has 72 valence electrons. The summed E-state index contributed by atoms with van der Waals surface area (Å²) in [7, 11) is -2.97. The monoisotopic (exact) mass is 209 g/mol. The lowest BCUT2D eigenvalue weighted by molar-refractivity contribution is 0.286. The van der Waals surface area contributed by atoms with Crippen molar-refractivity contribution in [1.29, 1.82) is 0 Å². The molecular formula is C7H15NO2S2. The van der Waals surface area contributed by atoms with E-state index in [2.05, 4.69) is 12.6 Å². The molecule has 1 atom stereocenters. The Morgan fingerprint density at radius 2 is 2.25 bits per heavy atom. The van der Waals surface area contributed by atoms with Crippen molar-refractivity contribution in [2.24, 2.45) is 5.92 Å². The average molecular weight is 209 g/mol. The second-order valence-corrected chi connectivity index (χ2v) is 5.66. The predicted molar refractivity (Wildman–Crippen MR) is 53.0 cm³/mol. The third-order valence-corrected chi connectivity index (χ3v) is 4.00. The van der Waals surface area contributed by atoms with Crippen LogP contribution in [-0.2, 0) is 10.0 Å². The Kier molecular flexibility index (Phi) is 3.43. The Hall–Kier alpha value is 0.260. The van der Waals surface area contributed by atoms with E-state index in [0.29, 0.717) is 19.0 Å². The molecule has 0 bridgehead atoms. The van der Waals surface area contributed by atoms with Gasteiger partial charge < -0.3 is 0 Å². The van der Waals surface area contributed by atoms with Crippen molar-refractivity contribution in [2.75, 3.05) is 25.1 Å². The Labute approximate surface area is 79.6 Å². The van der Waals surface area contributed by atoms with Crippen molar-refractivity contribution in [3.05, 3.63) is 0 Å². The first-order valence-corrected chi connectivity index (χ1v) is 6.58. The highest BCUT2D eigenvalue weighted by Crippen LogP contribution is 2.19. The van der Waals surface area contributed by atoms with Crippen LogP contribution in [0.1, 0.15) is 12.8 Å². The minimum Gasteiger partial charge on any atom is -0.213 e. The van der Waals surface area contributed by atoms with Crippen LogP contribution in [0, 0.1) is 5.92 Å². The summed E-state index contributed by atoms with van der Waals surface area (Å²) in [5.74, 6) is 1.23. The van der Waals surface area contributed by atoms with Crippen molar-refractivity contribution in [3.8, 4) is 0 Å². The predicted octanol–water partition coefficient (Wildman–Crippen LogP) is 0.588. The molecule has 1 rings (SSSR count). The molecule has 1 aliphatic rings. The highest BCUT2D eigenvalue weighted by molar-refractivity contribution is 7.88. The third kappa shape index (κ3) is 2.64. The summed E-state index contributed by atoms with van der Waals surface area (Å²) in [6.45, 7) is 1.34. The summed E-state index contributed by atoms with van der Waals surface area (Å²) in [6.07, 6.45) is 3.35. The normalized spacial score (nSPS) is 27.3. The lowest BCUT2D eigenvalue weighted by Crippen LogP contribution is -2.39. The molecule has 0 spiro atoms. The Balaban J connectivity index is 2.58. The second kappa shape index (κ2) is 3.98. The molecule has 1 fully saturated rings. The van der Waals surface area contributed by atoms with Crippen LogP contribution < -0.4 is 0 Å². The van der Waals surface area contributed by atoms with Gasteiger partial charge in [-0.25, -0.2) is 12.7 Å². The topological polar surface area (TPSA) is 37.4 Å². The smallest absolute Gasteiger partial charge is 0.211 e. The van der Waals surface area contributed by atoms with Crippen molar-refractivity contribution in [1.82, 2.24) is 4.31 Å². The van der Waals surface area contributed by atoms with Crippen LogP contribution in [-0.4, -0.2) is 37.8 Å². The zero-order chi connectivity index (χ0) is 9.19. The number of hydrogen-bond acceptors (Lipinski definition) is 3. The third-order valence-electron chi connectivity index (χ3n) is 2.21. The van der Waals surface area contributed by atoms with E-state index in [1.54, 1.807) is 4.31 Å². The van der Waals surface area contributed by atoms with Crippen molar-refractivity contribution < 1.29 is 8.42 Å². The molecule has 1 heterocycles. The summed E-state index contributed by atoms with van der Waals surface area (Å²) in [4.78, 5) is 0. The Morgan fingerprint density at radius 3 is 2.75 bits per heavy atom. The maximum Gasteiger partial charge on any atom is 0.211 e. The van der Waals surface area contributed by atoms with Gasteiger partial charge in [0, 0.05) is 13.1 Å². The fraction of sp³-hybridized carbons (Fsp3) is 1.00. The van der Waals surface area contributed by atoms with Gasteiger partial charge in [-0.1, -0.05) is 0 Å². The maximum absolute atomic E-state index is 11.1. The van der Waals surface area contributed by atoms with Gasteiger partial charge >= 0.3 is 0 Å². The van der Waals surface area contributed by atoms with Gasteiger partial charge in [0.1, 0.15) is 0 Å². The van der Waals surface area contributed by atoms with Crippen molar-refractivity contribution in [3.63, 3.8) is 0 Å². The van der Waals surface area contributed by atoms with Gasteiger partial charge in [0.05, 0.1) is 6.26 Å². The average Bonchev–Trinajstić information content (AvgIpc) is 2.03. The van der Waals surface area contributed by atoms with Gasteiger partial charge in [-0.05, 0) is 24.5 Å². The summed E-state index contributed by atoms with van der Waals surface area (Å²) in [6, 6.07) is 0. The minimum atomic E-state index is -2.97. The maximum atomic E-state index is 11.1. The van der Waals surface area contributed by atoms with Crippen molar-refractivity contribution >= 4 is 22.7 Å². The van der Waals surface area contributed by atoms with Crippen LogP contribution in [0.2, 0.25) is 0 Å². The summed E-state index contributed by atoms with van der Waals surface area (Å²) in [5.41, 5.74) is 0. The van der Waals surface area contributed by atoms with Gasteiger partial charge in [-0.3, -0.25) is 0 Å². The standard InChI is InChI=1S/C7H15NO2S2/c1-12(9,10)8-4-2-3-7(5-8)6-11/h7,11H,2-6H2,1H3. The SMILES string of the molecule is CS(=O)(=O)N1CCCC(CS)C1. The minimum absolute atomic E-state index is 0.441. The molecule has 1 unspecified atom stereocenters. The fourth-order valence-electron chi connectivity index (χ4n) is 1.48. The number of thiol groups is 1. The van der Waals surface area contributed by atoms with E-state index in [9.17, 15) is 8.42 Å². The zero-order valence-electron chi connectivity index (χ0n) is 7.23. The molecule has 12 heavy (non-hydrogen) atoms. The van der Waals surface area contributed by atoms with Crippen LogP contribution in [0.3, 0.4) is 0 Å². The molecule has 3 nitrogen and oxygen atoms in total. The molecule has 0 aromatic carbocycles. The van der Waals surface area contributed by atoms with Crippen LogP contribution in [0.4, 0.5) is 0 Å². The van der Waals surface area contributed by atoms with Crippen LogP contribution in [0.15, 0.2) is 0 Å². The largest absolute Gasteiger partial charge is 0.213 e. The van der Waals surface area contributed by atoms with Gasteiger partial charge in [0.15, 0.2) is 0 Å². The molecule has 0 amide bonds. The molecule has 0 N–H and O–H groups in total. The summed E-state index contributed by atoms with van der Waals surface area (Å²) in [5, 5.41) is 0. The van der Waals surface area contributed by atoms with E-state index in [1.807, 2.05) is 0 Å². The molecule has 0 saturated carbocycles. The second-order valence-electron chi connectivity index (χ2n) is 3.31. The first-order valence-electron chi connectivity index (χ1n) is 4.10. The molecule has 1 aliphatic heterocycles. The lowest BCUT2D eigenvalue weighted by Gasteiger charge is -2.29. The number of piperidine rings is 1. The fourth-order valence-corrected chi connectivity index (χ4v) is 2.72. The lowest BCUT2D eigenvalue weighted by atomic mass is 10.0. The van der Waals surface area contributed by atoms with E-state index in [1.165, 1.54) is 6.26 Å². The summed E-state index contributed by atoms with van der Waals surface area (Å²) < 4.78 is 23.9. The number of sulfonamides is 1. The molecule has 0 aromatic rings. The number of rotatable bonds is 2. The molecule has 0 aliphatic carbocycles. The quantitative estimate of drug-likeness (QED) is 0.676. The number of hydrogen-bond donors (Lipinski definition) is 1. The highest BCUT2D eigenvalue weighted by atomic mass is 32.2. The highest BCUT2D eigenvalue weighted by Gasteiger charge is 2.24.